The van der Waals surface area contributed by atoms with Crippen LogP contribution in [0.5, 0.6) is 0 Å². The van der Waals surface area contributed by atoms with Gasteiger partial charge >= 0.3 is 0 Å². The van der Waals surface area contributed by atoms with Crippen LogP contribution >= 0.6 is 0 Å². The molecule has 0 radical (unpaired) electrons. The molecule has 0 amide bonds. The Hall–Kier alpha value is -2.46. The van der Waals surface area contributed by atoms with E-state index < -0.39 is 0 Å². The molecule has 0 unspecified atom stereocenters. The van der Waals surface area contributed by atoms with Gasteiger partial charge < -0.3 is 0 Å². The van der Waals surface area contributed by atoms with Crippen LogP contribution in [0.1, 0.15) is 192 Å². The van der Waals surface area contributed by atoms with Crippen LogP contribution in [0.2, 0.25) is 0 Å². The lowest BCUT2D eigenvalue weighted by Gasteiger charge is -2.26. The fraction of sp³-hybridized carbons (Fsp3) is 0.647. The molecule has 3 aromatic rings. The van der Waals surface area contributed by atoms with Crippen LogP contribution in [0.15, 0.2) is 72.8 Å². The maximum absolute atomic E-state index is 2.59. The number of rotatable bonds is 9. The Morgan fingerprint density at radius 2 is 0.648 bits per heavy atom. The standard InChI is InChI=1S/3C15H23N.3C2H6/c1-13(2)15-8-6-14(7-9-15)12-16-10-4-3-5-11-16;2*1-13(2)15-8-6-7-14(11-15)12-16-9-4-3-5-10-16;3*1-2/h6-9,13H,3-5,10-12H2,1-2H3;2*6-8,11,13H,3-5,9-10,12H2,1-2H3;3*1-2H3. The molecule has 3 heterocycles. The van der Waals surface area contributed by atoms with Gasteiger partial charge in [-0.2, -0.15) is 0 Å². The summed E-state index contributed by atoms with van der Waals surface area (Å²) in [5, 5.41) is 0. The van der Waals surface area contributed by atoms with Crippen molar-refractivity contribution in [3.8, 4) is 0 Å². The maximum Gasteiger partial charge on any atom is 0.0233 e. The van der Waals surface area contributed by atoms with Crippen LogP contribution in [0.4, 0.5) is 0 Å². The van der Waals surface area contributed by atoms with Crippen LogP contribution in [-0.2, 0) is 19.6 Å². The second-order valence-electron chi connectivity index (χ2n) is 15.7. The summed E-state index contributed by atoms with van der Waals surface area (Å²) in [5.74, 6) is 1.92. The summed E-state index contributed by atoms with van der Waals surface area (Å²) in [6, 6.07) is 27.3. The van der Waals surface area contributed by atoms with E-state index in [1.54, 1.807) is 0 Å². The Morgan fingerprint density at radius 1 is 0.352 bits per heavy atom. The van der Waals surface area contributed by atoms with Gasteiger partial charge in [0.05, 0.1) is 0 Å². The van der Waals surface area contributed by atoms with Crippen molar-refractivity contribution in [3.05, 3.63) is 106 Å². The van der Waals surface area contributed by atoms with Gasteiger partial charge in [-0.15, -0.1) is 0 Å². The summed E-state index contributed by atoms with van der Waals surface area (Å²) >= 11 is 0. The summed E-state index contributed by atoms with van der Waals surface area (Å²) in [4.78, 5) is 7.75. The molecular weight excluding hydrogens is 655 g/mol. The molecule has 0 aromatic heterocycles. The first kappa shape index (κ1) is 49.6. The third kappa shape index (κ3) is 20.5. The molecule has 0 aliphatic carbocycles. The third-order valence-electron chi connectivity index (χ3n) is 10.4. The lowest BCUT2D eigenvalue weighted by molar-refractivity contribution is 0.221. The third-order valence-corrected chi connectivity index (χ3v) is 10.4. The Bertz CT molecular complexity index is 1210. The van der Waals surface area contributed by atoms with E-state index in [-0.39, 0.29) is 0 Å². The van der Waals surface area contributed by atoms with Gasteiger partial charge in [0.25, 0.3) is 0 Å². The number of piperidine rings is 3. The molecule has 0 bridgehead atoms. The zero-order chi connectivity index (χ0) is 40.1. The summed E-state index contributed by atoms with van der Waals surface area (Å²) in [6.45, 7) is 36.7. The normalized spacial score (nSPS) is 16.3. The summed E-state index contributed by atoms with van der Waals surface area (Å²) < 4.78 is 0. The molecule has 0 spiro atoms. The Kier molecular flexibility index (Phi) is 28.2. The highest BCUT2D eigenvalue weighted by Crippen LogP contribution is 2.21. The van der Waals surface area contributed by atoms with Crippen LogP contribution in [0.25, 0.3) is 0 Å². The van der Waals surface area contributed by atoms with Gasteiger partial charge in [-0.1, -0.05) is 175 Å². The number of likely N-dealkylation sites (tertiary alicyclic amines) is 3. The summed E-state index contributed by atoms with van der Waals surface area (Å²) in [7, 11) is 0. The number of nitrogens with zero attached hydrogens (tertiary/aromatic N) is 3. The molecule has 3 nitrogen and oxygen atoms in total. The van der Waals surface area contributed by atoms with Crippen molar-refractivity contribution < 1.29 is 0 Å². The average molecular weight is 742 g/mol. The summed E-state index contributed by atoms with van der Waals surface area (Å²) in [6.07, 6.45) is 12.5. The fourth-order valence-corrected chi connectivity index (χ4v) is 7.24. The van der Waals surface area contributed by atoms with E-state index in [0.717, 1.165) is 19.6 Å². The monoisotopic (exact) mass is 742 g/mol. The van der Waals surface area contributed by atoms with Gasteiger partial charge in [0.2, 0.25) is 0 Å². The van der Waals surface area contributed by atoms with E-state index in [1.807, 2.05) is 41.5 Å². The lowest BCUT2D eigenvalue weighted by Crippen LogP contribution is -2.29. The first-order valence-electron chi connectivity index (χ1n) is 22.7. The molecule has 306 valence electrons. The van der Waals surface area contributed by atoms with E-state index >= 15 is 0 Å². The van der Waals surface area contributed by atoms with Gasteiger partial charge in [0.15, 0.2) is 0 Å². The molecule has 3 aromatic carbocycles. The fourth-order valence-electron chi connectivity index (χ4n) is 7.24. The van der Waals surface area contributed by atoms with Crippen LogP contribution < -0.4 is 0 Å². The van der Waals surface area contributed by atoms with Crippen molar-refractivity contribution in [1.29, 1.82) is 0 Å². The smallest absolute Gasteiger partial charge is 0.0233 e. The summed E-state index contributed by atoms with van der Waals surface area (Å²) in [5.41, 5.74) is 8.80. The Morgan fingerprint density at radius 3 is 0.944 bits per heavy atom. The maximum atomic E-state index is 2.59. The highest BCUT2D eigenvalue weighted by molar-refractivity contribution is 5.27. The zero-order valence-corrected chi connectivity index (χ0v) is 37.7. The minimum Gasteiger partial charge on any atom is -0.299 e. The molecule has 3 aliphatic heterocycles. The highest BCUT2D eigenvalue weighted by Gasteiger charge is 2.13. The molecule has 0 N–H and O–H groups in total. The van der Waals surface area contributed by atoms with E-state index in [4.69, 9.17) is 0 Å². The largest absolute Gasteiger partial charge is 0.299 e. The Balaban J connectivity index is 0.000000378. The van der Waals surface area contributed by atoms with Crippen molar-refractivity contribution in [1.82, 2.24) is 14.7 Å². The molecule has 0 saturated carbocycles. The molecular formula is C51H87N3. The molecule has 3 fully saturated rings. The van der Waals surface area contributed by atoms with Gasteiger partial charge in [-0.05, 0) is 129 Å². The van der Waals surface area contributed by atoms with Gasteiger partial charge in [-0.3, -0.25) is 14.7 Å². The number of hydrogen-bond acceptors (Lipinski definition) is 3. The SMILES string of the molecule is CC.CC.CC.CC(C)c1ccc(CN2CCCCC2)cc1.CC(C)c1cccc(CN2CCCCC2)c1.CC(C)c1cccc(CN2CCCCC2)c1. The first-order valence-corrected chi connectivity index (χ1v) is 22.7. The van der Waals surface area contributed by atoms with Gasteiger partial charge in [0, 0.05) is 19.6 Å². The van der Waals surface area contributed by atoms with Gasteiger partial charge in [0.1, 0.15) is 0 Å². The van der Waals surface area contributed by atoms with Crippen LogP contribution in [0.3, 0.4) is 0 Å². The zero-order valence-electron chi connectivity index (χ0n) is 37.7. The first-order chi connectivity index (χ1) is 26.3. The second kappa shape index (κ2) is 30.7. The van der Waals surface area contributed by atoms with E-state index in [9.17, 15) is 0 Å². The van der Waals surface area contributed by atoms with Gasteiger partial charge in [-0.25, -0.2) is 0 Å². The second-order valence-corrected chi connectivity index (χ2v) is 15.7. The van der Waals surface area contributed by atoms with Crippen molar-refractivity contribution in [2.24, 2.45) is 0 Å². The van der Waals surface area contributed by atoms with Crippen LogP contribution in [0, 0.1) is 0 Å². The molecule has 3 saturated heterocycles. The minimum atomic E-state index is 0.640. The number of benzene rings is 3. The average Bonchev–Trinajstić information content (AvgIpc) is 3.22. The molecule has 6 rings (SSSR count). The van der Waals surface area contributed by atoms with E-state index in [2.05, 4.69) is 129 Å². The molecule has 54 heavy (non-hydrogen) atoms. The molecule has 3 heteroatoms. The van der Waals surface area contributed by atoms with E-state index in [1.165, 1.54) is 130 Å². The Labute approximate surface area is 337 Å². The van der Waals surface area contributed by atoms with Crippen molar-refractivity contribution in [3.63, 3.8) is 0 Å². The lowest BCUT2D eigenvalue weighted by atomic mass is 10.0. The molecule has 0 atom stereocenters. The predicted molar refractivity (Wildman–Crippen MR) is 243 cm³/mol. The highest BCUT2D eigenvalue weighted by atomic mass is 15.1. The minimum absolute atomic E-state index is 0.640. The van der Waals surface area contributed by atoms with E-state index in [0.29, 0.717) is 17.8 Å². The van der Waals surface area contributed by atoms with Crippen molar-refractivity contribution in [2.45, 2.75) is 178 Å². The number of hydrogen-bond donors (Lipinski definition) is 0. The predicted octanol–water partition coefficient (Wildman–Crippen LogP) is 14.5. The quantitative estimate of drug-likeness (QED) is 0.216. The molecule has 3 aliphatic rings. The van der Waals surface area contributed by atoms with Crippen molar-refractivity contribution >= 4 is 0 Å². The van der Waals surface area contributed by atoms with Crippen LogP contribution in [-0.4, -0.2) is 54.0 Å². The van der Waals surface area contributed by atoms with Crippen molar-refractivity contribution in [2.75, 3.05) is 39.3 Å². The topological polar surface area (TPSA) is 9.72 Å².